The lowest BCUT2D eigenvalue weighted by atomic mass is 10.3. The van der Waals surface area contributed by atoms with Crippen LogP contribution in [-0.4, -0.2) is 206 Å². The molecule has 2 aliphatic heterocycles. The largest absolute Gasteiger partial charge is 0.408 e. The van der Waals surface area contributed by atoms with E-state index in [0.717, 1.165) is 34.1 Å². The molecule has 25 heteroatoms. The van der Waals surface area contributed by atoms with Crippen molar-refractivity contribution in [2.45, 2.75) is 38.5 Å². The number of esters is 3. The number of nitrogens with one attached hydrogen (secondary N) is 2. The van der Waals surface area contributed by atoms with Gasteiger partial charge in [-0.1, -0.05) is 5.16 Å². The molecule has 0 radical (unpaired) electrons. The van der Waals surface area contributed by atoms with Crippen LogP contribution in [0.15, 0.2) is 29.5 Å². The number of rotatable bonds is 39. The fourth-order valence-corrected chi connectivity index (χ4v) is 5.01. The van der Waals surface area contributed by atoms with Crippen LogP contribution >= 0.6 is 0 Å². The van der Waals surface area contributed by atoms with Crippen molar-refractivity contribution in [3.8, 4) is 0 Å². The monoisotopic (exact) mass is 929 g/mol. The molecule has 2 heterocycles. The summed E-state index contributed by atoms with van der Waals surface area (Å²) in [5, 5.41) is 17.3. The van der Waals surface area contributed by atoms with Crippen LogP contribution in [0, 0.1) is 0 Å². The Morgan fingerprint density at radius 3 is 1.08 bits per heavy atom. The summed E-state index contributed by atoms with van der Waals surface area (Å²) in [5.41, 5.74) is 0. The van der Waals surface area contributed by atoms with Gasteiger partial charge in [0.1, 0.15) is 0 Å². The summed E-state index contributed by atoms with van der Waals surface area (Å²) in [4.78, 5) is 107. The van der Waals surface area contributed by atoms with E-state index in [2.05, 4.69) is 20.5 Å². The van der Waals surface area contributed by atoms with Crippen LogP contribution in [0.1, 0.15) is 38.5 Å². The van der Waals surface area contributed by atoms with Gasteiger partial charge in [0.25, 0.3) is 23.6 Å². The van der Waals surface area contributed by atoms with Gasteiger partial charge in [-0.05, 0) is 0 Å². The first-order valence-electron chi connectivity index (χ1n) is 20.9. The van der Waals surface area contributed by atoms with Crippen LogP contribution in [0.5, 0.6) is 0 Å². The minimum Gasteiger partial charge on any atom is -0.408 e. The van der Waals surface area contributed by atoms with E-state index in [1.807, 2.05) is 0 Å². The number of hydrogen-bond donors (Lipinski definition) is 3. The van der Waals surface area contributed by atoms with Crippen molar-refractivity contribution >= 4 is 59.2 Å². The zero-order valence-electron chi connectivity index (χ0n) is 36.2. The highest BCUT2D eigenvalue weighted by atomic mass is 16.6. The first kappa shape index (κ1) is 55.6. The Labute approximate surface area is 374 Å². The van der Waals surface area contributed by atoms with Gasteiger partial charge in [0.15, 0.2) is 0 Å². The second kappa shape index (κ2) is 35.8. The highest BCUT2D eigenvalue weighted by Gasteiger charge is 2.24. The van der Waals surface area contributed by atoms with Crippen LogP contribution in [0.4, 0.5) is 0 Å². The summed E-state index contributed by atoms with van der Waals surface area (Å²) in [5.74, 6) is -5.31. The maximum Gasteiger partial charge on any atom is 0.315 e. The molecule has 0 aromatic rings. The van der Waals surface area contributed by atoms with Gasteiger partial charge >= 0.3 is 17.9 Å². The Balaban J connectivity index is 1.29. The Bertz CT molecular complexity index is 1590. The minimum atomic E-state index is -0.918. The normalized spacial score (nSPS) is 13.6. The Hall–Kier alpha value is -5.54. The average Bonchev–Trinajstić information content (AvgIpc) is 3.79. The number of imide groups is 2. The van der Waals surface area contributed by atoms with Crippen molar-refractivity contribution in [1.29, 1.82) is 0 Å². The Kier molecular flexibility index (Phi) is 30.6. The molecule has 0 saturated heterocycles. The number of carbonyl (C=O) groups excluding carboxylic acids is 9. The third kappa shape index (κ3) is 28.1. The van der Waals surface area contributed by atoms with Crippen LogP contribution in [0.3, 0.4) is 0 Å². The predicted octanol–water partition coefficient (Wildman–Crippen LogP) is -2.06. The van der Waals surface area contributed by atoms with Crippen molar-refractivity contribution in [2.75, 3.05) is 132 Å². The standard InChI is InChI=1S/C40H59N5O20/c46-31(7-13-44-34(48)2-3-35(44)49)41-11-17-58-21-25-62-29-27-60-23-19-56-15-9-39(53)64-33(43-55)1-6-38(52)65-40(54)10-16-57-20-24-61-28-30-63-26-22-59-18-12-42-32(47)8-14-45-36(50)4-5-37(45)51/h2-5,55H,1,6-30H2,(H,41,46)(H,42,47)/b43-33-. The molecule has 0 aromatic heterocycles. The molecule has 2 rings (SSSR count). The lowest BCUT2D eigenvalue weighted by molar-refractivity contribution is -0.160. The number of ether oxygens (including phenoxy) is 10. The fraction of sp³-hybridized carbons (Fsp3) is 0.650. The number of oxime groups is 1. The van der Waals surface area contributed by atoms with Crippen molar-refractivity contribution in [1.82, 2.24) is 20.4 Å². The SMILES string of the molecule is O=C(CCN1C(=O)C=CC1=O)NCCOCCOCCOCCOCCC(=O)OC(=O)CC/C(=N/O)OC(=O)CCOCCOCCOCCOCCNC(=O)CCN1C(=O)C=CC1=O. The van der Waals surface area contributed by atoms with E-state index in [1.165, 1.54) is 0 Å². The molecule has 0 saturated carbocycles. The Morgan fingerprint density at radius 2 is 0.723 bits per heavy atom. The molecule has 0 atom stereocenters. The molecule has 0 aliphatic carbocycles. The minimum absolute atomic E-state index is 0.00277. The third-order valence-electron chi connectivity index (χ3n) is 8.31. The highest BCUT2D eigenvalue weighted by molar-refractivity contribution is 6.13. The number of amides is 6. The van der Waals surface area contributed by atoms with Crippen molar-refractivity contribution in [3.63, 3.8) is 0 Å². The van der Waals surface area contributed by atoms with E-state index in [0.29, 0.717) is 39.6 Å². The van der Waals surface area contributed by atoms with Gasteiger partial charge in [0.05, 0.1) is 125 Å². The molecule has 0 bridgehead atoms. The van der Waals surface area contributed by atoms with E-state index in [9.17, 15) is 43.2 Å². The second-order valence-electron chi connectivity index (χ2n) is 13.2. The Morgan fingerprint density at radius 1 is 0.415 bits per heavy atom. The van der Waals surface area contributed by atoms with Crippen molar-refractivity contribution in [3.05, 3.63) is 24.3 Å². The summed E-state index contributed by atoms with van der Waals surface area (Å²) in [6.07, 6.45) is 3.57. The van der Waals surface area contributed by atoms with Gasteiger partial charge in [0.2, 0.25) is 17.7 Å². The maximum atomic E-state index is 12.0. The zero-order chi connectivity index (χ0) is 47.3. The van der Waals surface area contributed by atoms with Crippen molar-refractivity contribution in [2.24, 2.45) is 5.16 Å². The molecule has 0 unspecified atom stereocenters. The number of nitrogens with zero attached hydrogens (tertiary/aromatic N) is 3. The van der Waals surface area contributed by atoms with Gasteiger partial charge in [-0.2, -0.15) is 0 Å². The first-order chi connectivity index (χ1) is 31.5. The highest BCUT2D eigenvalue weighted by Crippen LogP contribution is 2.06. The molecule has 0 aromatic carbocycles. The fourth-order valence-electron chi connectivity index (χ4n) is 5.01. The van der Waals surface area contributed by atoms with Crippen molar-refractivity contribution < 1.29 is 95.7 Å². The van der Waals surface area contributed by atoms with E-state index in [-0.39, 0.29) is 136 Å². The average molecular weight is 930 g/mol. The lowest BCUT2D eigenvalue weighted by Crippen LogP contribution is -2.35. The van der Waals surface area contributed by atoms with Gasteiger partial charge in [0, 0.05) is 69.7 Å². The molecule has 0 fully saturated rings. The molecule has 65 heavy (non-hydrogen) atoms. The van der Waals surface area contributed by atoms with Crippen LogP contribution < -0.4 is 10.6 Å². The summed E-state index contributed by atoms with van der Waals surface area (Å²) in [6.45, 7) is 4.26. The smallest absolute Gasteiger partial charge is 0.315 e. The second-order valence-corrected chi connectivity index (χ2v) is 13.2. The summed E-state index contributed by atoms with van der Waals surface area (Å²) in [6, 6.07) is 0. The molecule has 6 amide bonds. The van der Waals surface area contributed by atoms with E-state index in [1.54, 1.807) is 0 Å². The van der Waals surface area contributed by atoms with Crippen LogP contribution in [0.2, 0.25) is 0 Å². The predicted molar refractivity (Wildman–Crippen MR) is 218 cm³/mol. The van der Waals surface area contributed by atoms with Gasteiger partial charge in [-0.15, -0.1) is 0 Å². The van der Waals surface area contributed by atoms with E-state index in [4.69, 9.17) is 47.8 Å². The molecule has 2 aliphatic rings. The van der Waals surface area contributed by atoms with Gasteiger partial charge in [-0.25, -0.2) is 0 Å². The topological polar surface area (TPSA) is 309 Å². The van der Waals surface area contributed by atoms with E-state index < -0.39 is 53.9 Å². The van der Waals surface area contributed by atoms with Crippen LogP contribution in [0.25, 0.3) is 0 Å². The molecule has 3 N–H and O–H groups in total. The van der Waals surface area contributed by atoms with Gasteiger partial charge < -0.3 is 63.2 Å². The maximum absolute atomic E-state index is 12.0. The molecular formula is C40H59N5O20. The summed E-state index contributed by atoms with van der Waals surface area (Å²) >= 11 is 0. The molecule has 0 spiro atoms. The van der Waals surface area contributed by atoms with Gasteiger partial charge in [-0.3, -0.25) is 53.0 Å². The van der Waals surface area contributed by atoms with E-state index >= 15 is 0 Å². The molecule has 364 valence electrons. The quantitative estimate of drug-likeness (QED) is 0.00873. The number of carbonyl (C=O) groups is 9. The summed E-state index contributed by atoms with van der Waals surface area (Å²) < 4.78 is 52.4. The zero-order valence-corrected chi connectivity index (χ0v) is 36.2. The number of hydrogen-bond acceptors (Lipinski definition) is 21. The summed E-state index contributed by atoms with van der Waals surface area (Å²) in [7, 11) is 0. The molecular weight excluding hydrogens is 870 g/mol. The molecule has 25 nitrogen and oxygen atoms in total. The first-order valence-corrected chi connectivity index (χ1v) is 20.9. The lowest BCUT2D eigenvalue weighted by Gasteiger charge is -2.13. The van der Waals surface area contributed by atoms with Crippen LogP contribution in [-0.2, 0) is 90.5 Å². The third-order valence-corrected chi connectivity index (χ3v) is 8.31.